The molecule has 0 aliphatic carbocycles. The summed E-state index contributed by atoms with van der Waals surface area (Å²) in [6.45, 7) is 2.81. The molecule has 2 aromatic carbocycles. The molecule has 2 aromatic rings. The smallest absolute Gasteiger partial charge is 0.363 e. The minimum atomic E-state index is -0.505. The second-order valence-electron chi connectivity index (χ2n) is 5.74. The Hall–Kier alpha value is -2.30. The molecule has 0 saturated carbocycles. The molecule has 4 nitrogen and oxygen atoms in total. The molecule has 0 fully saturated rings. The molecule has 0 radical (unpaired) electrons. The zero-order valence-electron chi connectivity index (χ0n) is 14.2. The van der Waals surface area contributed by atoms with Gasteiger partial charge in [-0.2, -0.15) is 0 Å². The predicted octanol–water partition coefficient (Wildman–Crippen LogP) is 5.52. The molecule has 0 bridgehead atoms. The summed E-state index contributed by atoms with van der Waals surface area (Å²) >= 11 is 11.9. The van der Waals surface area contributed by atoms with Gasteiger partial charge in [-0.05, 0) is 48.4 Å². The van der Waals surface area contributed by atoms with E-state index in [1.54, 1.807) is 24.3 Å². The Bertz CT molecular complexity index is 873. The highest BCUT2D eigenvalue weighted by Gasteiger charge is 2.24. The Balaban J connectivity index is 1.76. The quantitative estimate of drug-likeness (QED) is 0.371. The molecule has 1 aliphatic rings. The van der Waals surface area contributed by atoms with Crippen LogP contribution < -0.4 is 4.74 Å². The summed E-state index contributed by atoms with van der Waals surface area (Å²) in [4.78, 5) is 16.3. The van der Waals surface area contributed by atoms with Crippen molar-refractivity contribution in [3.05, 3.63) is 69.3 Å². The third-order valence-electron chi connectivity index (χ3n) is 3.74. The molecule has 1 aliphatic heterocycles. The molecule has 26 heavy (non-hydrogen) atoms. The topological polar surface area (TPSA) is 47.9 Å². The fourth-order valence-corrected chi connectivity index (χ4v) is 2.61. The predicted molar refractivity (Wildman–Crippen MR) is 104 cm³/mol. The van der Waals surface area contributed by atoms with Crippen molar-refractivity contribution >= 4 is 41.1 Å². The van der Waals surface area contributed by atoms with E-state index in [9.17, 15) is 4.79 Å². The van der Waals surface area contributed by atoms with Crippen LogP contribution in [0.2, 0.25) is 10.0 Å². The maximum absolute atomic E-state index is 12.1. The molecular formula is C20H17Cl2NO3. The average molecular weight is 390 g/mol. The highest BCUT2D eigenvalue weighted by atomic mass is 35.5. The second-order valence-corrected chi connectivity index (χ2v) is 6.55. The first kappa shape index (κ1) is 18.5. The van der Waals surface area contributed by atoms with E-state index >= 15 is 0 Å². The van der Waals surface area contributed by atoms with Gasteiger partial charge in [-0.15, -0.1) is 0 Å². The molecule has 0 unspecified atom stereocenters. The van der Waals surface area contributed by atoms with Crippen LogP contribution in [0.3, 0.4) is 0 Å². The first-order valence-electron chi connectivity index (χ1n) is 8.27. The van der Waals surface area contributed by atoms with Crippen molar-refractivity contribution in [2.45, 2.75) is 19.8 Å². The molecule has 0 N–H and O–H groups in total. The van der Waals surface area contributed by atoms with Gasteiger partial charge in [-0.3, -0.25) is 0 Å². The second kappa shape index (κ2) is 8.39. The third-order valence-corrected chi connectivity index (χ3v) is 4.48. The first-order chi connectivity index (χ1) is 12.6. The largest absolute Gasteiger partial charge is 0.494 e. The van der Waals surface area contributed by atoms with E-state index < -0.39 is 5.97 Å². The molecule has 1 heterocycles. The number of cyclic esters (lactones) is 1. The van der Waals surface area contributed by atoms with Crippen LogP contribution in [0.4, 0.5) is 0 Å². The maximum atomic E-state index is 12.1. The highest BCUT2D eigenvalue weighted by molar-refractivity contribution is 6.42. The lowest BCUT2D eigenvalue weighted by atomic mass is 10.2. The van der Waals surface area contributed by atoms with E-state index in [0.717, 1.165) is 24.2 Å². The number of carbonyl (C=O) groups excluding carboxylic acids is 1. The number of halogens is 2. The van der Waals surface area contributed by atoms with Crippen LogP contribution in [-0.2, 0) is 9.53 Å². The van der Waals surface area contributed by atoms with E-state index in [4.69, 9.17) is 32.7 Å². The number of nitrogens with zero attached hydrogens (tertiary/aromatic N) is 1. The Morgan fingerprint density at radius 3 is 2.58 bits per heavy atom. The van der Waals surface area contributed by atoms with Crippen LogP contribution in [-0.4, -0.2) is 18.5 Å². The molecule has 0 aromatic heterocycles. The molecule has 0 saturated heterocycles. The van der Waals surface area contributed by atoms with Crippen LogP contribution in [0.5, 0.6) is 5.75 Å². The van der Waals surface area contributed by atoms with E-state index in [2.05, 4.69) is 11.9 Å². The van der Waals surface area contributed by atoms with Crippen molar-refractivity contribution in [2.75, 3.05) is 6.61 Å². The van der Waals surface area contributed by atoms with E-state index in [1.165, 1.54) is 0 Å². The van der Waals surface area contributed by atoms with E-state index in [-0.39, 0.29) is 11.6 Å². The third kappa shape index (κ3) is 4.45. The average Bonchev–Trinajstić information content (AvgIpc) is 3.00. The molecule has 6 heteroatoms. The number of benzene rings is 2. The number of carbonyl (C=O) groups is 1. The molecular weight excluding hydrogens is 373 g/mol. The van der Waals surface area contributed by atoms with E-state index in [1.807, 2.05) is 24.3 Å². The number of unbranched alkanes of at least 4 members (excludes halogenated alkanes) is 1. The molecule has 0 amide bonds. The summed E-state index contributed by atoms with van der Waals surface area (Å²) in [6, 6.07) is 12.4. The van der Waals surface area contributed by atoms with Gasteiger partial charge >= 0.3 is 5.97 Å². The standard InChI is InChI=1S/C20H17Cl2NO3/c1-2-3-10-25-15-7-4-13(5-8-15)11-18-20(24)26-19(23-18)14-6-9-16(21)17(22)12-14/h4-9,11-12H,2-3,10H2,1H3/b18-11-. The van der Waals surface area contributed by atoms with Crippen molar-refractivity contribution in [3.63, 3.8) is 0 Å². The summed E-state index contributed by atoms with van der Waals surface area (Å²) in [5, 5.41) is 0.802. The number of hydrogen-bond donors (Lipinski definition) is 0. The lowest BCUT2D eigenvalue weighted by Crippen LogP contribution is -2.05. The summed E-state index contributed by atoms with van der Waals surface area (Å²) in [5.41, 5.74) is 1.65. The minimum absolute atomic E-state index is 0.208. The van der Waals surface area contributed by atoms with E-state index in [0.29, 0.717) is 22.2 Å². The van der Waals surface area contributed by atoms with Gasteiger partial charge < -0.3 is 9.47 Å². The van der Waals surface area contributed by atoms with Crippen LogP contribution in [0.15, 0.2) is 53.2 Å². The number of esters is 1. The summed E-state index contributed by atoms with van der Waals surface area (Å²) in [6.07, 6.45) is 3.78. The van der Waals surface area contributed by atoms with Crippen LogP contribution >= 0.6 is 23.2 Å². The fourth-order valence-electron chi connectivity index (χ4n) is 2.31. The van der Waals surface area contributed by atoms with Gasteiger partial charge in [0.15, 0.2) is 5.70 Å². The van der Waals surface area contributed by atoms with Gasteiger partial charge in [0.05, 0.1) is 16.7 Å². The molecule has 0 spiro atoms. The van der Waals surface area contributed by atoms with Crippen molar-refractivity contribution in [2.24, 2.45) is 4.99 Å². The number of hydrogen-bond acceptors (Lipinski definition) is 4. The van der Waals surface area contributed by atoms with Gasteiger partial charge in [0.25, 0.3) is 0 Å². The van der Waals surface area contributed by atoms with Gasteiger partial charge in [0.1, 0.15) is 5.75 Å². The highest BCUT2D eigenvalue weighted by Crippen LogP contribution is 2.26. The Kier molecular flexibility index (Phi) is 5.96. The molecule has 0 atom stereocenters. The molecule has 134 valence electrons. The van der Waals surface area contributed by atoms with Crippen molar-refractivity contribution in [1.82, 2.24) is 0 Å². The lowest BCUT2D eigenvalue weighted by molar-refractivity contribution is -0.129. The fraction of sp³-hybridized carbons (Fsp3) is 0.200. The minimum Gasteiger partial charge on any atom is -0.494 e. The Morgan fingerprint density at radius 2 is 1.88 bits per heavy atom. The monoisotopic (exact) mass is 389 g/mol. The van der Waals surface area contributed by atoms with Gasteiger partial charge in [0.2, 0.25) is 5.90 Å². The van der Waals surface area contributed by atoms with Crippen molar-refractivity contribution in [1.29, 1.82) is 0 Å². The van der Waals surface area contributed by atoms with Crippen LogP contribution in [0.25, 0.3) is 6.08 Å². The molecule has 3 rings (SSSR count). The maximum Gasteiger partial charge on any atom is 0.363 e. The van der Waals surface area contributed by atoms with Crippen molar-refractivity contribution < 1.29 is 14.3 Å². The van der Waals surface area contributed by atoms with Gasteiger partial charge in [-0.1, -0.05) is 48.7 Å². The van der Waals surface area contributed by atoms with Gasteiger partial charge in [0, 0.05) is 5.56 Å². The summed E-state index contributed by atoms with van der Waals surface area (Å²) < 4.78 is 10.9. The number of ether oxygens (including phenoxy) is 2. The number of rotatable bonds is 6. The zero-order chi connectivity index (χ0) is 18.5. The normalized spacial score (nSPS) is 15.1. The van der Waals surface area contributed by atoms with Crippen LogP contribution in [0, 0.1) is 0 Å². The Labute approximate surface area is 162 Å². The van der Waals surface area contributed by atoms with Crippen LogP contribution in [0.1, 0.15) is 30.9 Å². The van der Waals surface area contributed by atoms with Gasteiger partial charge in [-0.25, -0.2) is 9.79 Å². The summed E-state index contributed by atoms with van der Waals surface area (Å²) in [5.74, 6) is 0.503. The van der Waals surface area contributed by atoms with Crippen molar-refractivity contribution in [3.8, 4) is 5.75 Å². The Morgan fingerprint density at radius 1 is 1.12 bits per heavy atom. The summed E-state index contributed by atoms with van der Waals surface area (Å²) in [7, 11) is 0. The number of aliphatic imine (C=N–C) groups is 1. The zero-order valence-corrected chi connectivity index (χ0v) is 15.7. The SMILES string of the molecule is CCCCOc1ccc(/C=C2\N=C(c3ccc(Cl)c(Cl)c3)OC2=O)cc1. The lowest BCUT2D eigenvalue weighted by Gasteiger charge is -2.05. The first-order valence-corrected chi connectivity index (χ1v) is 9.03.